The number of aliphatic hydroxyl groups is 1. The Kier molecular flexibility index (Phi) is 7.87. The highest BCUT2D eigenvalue weighted by molar-refractivity contribution is 8.02. The van der Waals surface area contributed by atoms with Gasteiger partial charge in [0.25, 0.3) is 0 Å². The van der Waals surface area contributed by atoms with Crippen molar-refractivity contribution in [3.63, 3.8) is 0 Å². The number of thioether (sulfide) groups is 1. The van der Waals surface area contributed by atoms with Gasteiger partial charge in [-0.25, -0.2) is 0 Å². The van der Waals surface area contributed by atoms with Gasteiger partial charge in [-0.3, -0.25) is 19.3 Å². The lowest BCUT2D eigenvalue weighted by atomic mass is 9.66. The highest BCUT2D eigenvalue weighted by Gasteiger charge is 2.75. The van der Waals surface area contributed by atoms with Crippen LogP contribution in [0.25, 0.3) is 0 Å². The lowest BCUT2D eigenvalue weighted by Crippen LogP contribution is -2.57. The van der Waals surface area contributed by atoms with Crippen molar-refractivity contribution in [1.82, 2.24) is 20.4 Å². The summed E-state index contributed by atoms with van der Waals surface area (Å²) >= 11 is 1.71. The fraction of sp³-hybridized carbons (Fsp3) is 0.870. The molecule has 4 aliphatic heterocycles. The minimum Gasteiger partial charge on any atom is -0.396 e. The van der Waals surface area contributed by atoms with Gasteiger partial charge in [-0.2, -0.15) is 0 Å². The number of nitrogens with one attached hydrogen (secondary N) is 2. The van der Waals surface area contributed by atoms with E-state index in [4.69, 9.17) is 9.84 Å². The summed E-state index contributed by atoms with van der Waals surface area (Å²) in [5.41, 5.74) is 0. The zero-order valence-corrected chi connectivity index (χ0v) is 20.6. The number of ether oxygens (including phenoxy) is 1. The molecule has 1 spiro atoms. The Labute approximate surface area is 200 Å². The second-order valence-corrected chi connectivity index (χ2v) is 11.3. The minimum absolute atomic E-state index is 0.0533. The van der Waals surface area contributed by atoms with Gasteiger partial charge in [-0.15, -0.1) is 11.8 Å². The number of aliphatic hydroxyl groups excluding tert-OH is 1. The SMILES string of the molecule is CNC(=O)[C@@H]1[C@@H]2CC(C)C3(S2)C(C(=O)NCCN2CCOCC2)N(CCCCCO)C(=O)[C@H]13. The molecular formula is C23H38N4O5S. The molecule has 0 aromatic carbocycles. The van der Waals surface area contributed by atoms with E-state index < -0.39 is 16.7 Å². The first-order valence-corrected chi connectivity index (χ1v) is 13.2. The van der Waals surface area contributed by atoms with Crippen LogP contribution >= 0.6 is 11.8 Å². The Bertz CT molecular complexity index is 748. The number of nitrogens with zero attached hydrogens (tertiary/aromatic N) is 2. The molecule has 4 aliphatic rings. The minimum atomic E-state index is -0.562. The van der Waals surface area contributed by atoms with Crippen LogP contribution in [-0.4, -0.2) is 108 Å². The summed E-state index contributed by atoms with van der Waals surface area (Å²) in [4.78, 5) is 44.2. The van der Waals surface area contributed by atoms with Crippen molar-refractivity contribution in [2.24, 2.45) is 17.8 Å². The molecular weight excluding hydrogens is 444 g/mol. The van der Waals surface area contributed by atoms with E-state index in [2.05, 4.69) is 22.5 Å². The van der Waals surface area contributed by atoms with Gasteiger partial charge < -0.3 is 25.4 Å². The lowest BCUT2D eigenvalue weighted by molar-refractivity contribution is -0.140. The summed E-state index contributed by atoms with van der Waals surface area (Å²) in [6.07, 6.45) is 3.07. The normalized spacial score (nSPS) is 35.7. The van der Waals surface area contributed by atoms with Gasteiger partial charge in [-0.1, -0.05) is 6.92 Å². The van der Waals surface area contributed by atoms with Gasteiger partial charge in [0, 0.05) is 51.6 Å². The second kappa shape index (κ2) is 10.5. The van der Waals surface area contributed by atoms with Crippen molar-refractivity contribution in [2.45, 2.75) is 48.6 Å². The molecule has 10 heteroatoms. The zero-order chi connectivity index (χ0) is 23.6. The predicted molar refractivity (Wildman–Crippen MR) is 126 cm³/mol. The van der Waals surface area contributed by atoms with Crippen LogP contribution in [0.4, 0.5) is 0 Å². The van der Waals surface area contributed by atoms with Crippen LogP contribution in [0.3, 0.4) is 0 Å². The maximum atomic E-state index is 13.7. The Morgan fingerprint density at radius 3 is 2.64 bits per heavy atom. The average Bonchev–Trinajstić information content (AvgIpc) is 3.40. The topological polar surface area (TPSA) is 111 Å². The summed E-state index contributed by atoms with van der Waals surface area (Å²) in [5, 5.41) is 15.1. The van der Waals surface area contributed by atoms with Gasteiger partial charge in [0.15, 0.2) is 0 Å². The predicted octanol–water partition coefficient (Wildman–Crippen LogP) is -0.319. The number of rotatable bonds is 10. The highest BCUT2D eigenvalue weighted by atomic mass is 32.2. The fourth-order valence-electron chi connectivity index (χ4n) is 6.36. The van der Waals surface area contributed by atoms with Crippen molar-refractivity contribution in [3.05, 3.63) is 0 Å². The van der Waals surface area contributed by atoms with Gasteiger partial charge >= 0.3 is 0 Å². The van der Waals surface area contributed by atoms with E-state index in [1.807, 2.05) is 0 Å². The molecule has 0 aliphatic carbocycles. The second-order valence-electron chi connectivity index (χ2n) is 9.73. The summed E-state index contributed by atoms with van der Waals surface area (Å²) < 4.78 is 4.84. The number of carbonyl (C=O) groups is 3. The molecule has 4 fully saturated rings. The Morgan fingerprint density at radius 2 is 1.94 bits per heavy atom. The number of hydrogen-bond donors (Lipinski definition) is 3. The quantitative estimate of drug-likeness (QED) is 0.366. The van der Waals surface area contributed by atoms with Gasteiger partial charge in [0.05, 0.1) is 29.8 Å². The number of hydrogen-bond acceptors (Lipinski definition) is 7. The number of carbonyl (C=O) groups excluding carboxylic acids is 3. The van der Waals surface area contributed by atoms with Crippen LogP contribution in [0.15, 0.2) is 0 Å². The standard InChI is InChI=1S/C23H38N4O5S/c1-15-14-16-17(20(29)24-2)18-22(31)27(7-4-3-5-11-28)19(23(15,18)33-16)21(30)25-6-8-26-9-12-32-13-10-26/h15-19,28H,3-14H2,1-2H3,(H,24,29)(H,25,30)/t15?,16-,17+,18-,19?,23?/m0/s1. The molecule has 186 valence electrons. The molecule has 6 atom stereocenters. The molecule has 33 heavy (non-hydrogen) atoms. The van der Waals surface area contributed by atoms with Crippen LogP contribution in [0.5, 0.6) is 0 Å². The third-order valence-electron chi connectivity index (χ3n) is 7.93. The molecule has 9 nitrogen and oxygen atoms in total. The molecule has 2 bridgehead atoms. The Balaban J connectivity index is 1.53. The molecule has 0 aromatic rings. The Hall–Kier alpha value is -1.36. The average molecular weight is 483 g/mol. The van der Waals surface area contributed by atoms with Gasteiger partial charge in [0.2, 0.25) is 17.7 Å². The van der Waals surface area contributed by atoms with Crippen LogP contribution in [0, 0.1) is 17.8 Å². The first kappa shape index (κ1) is 24.8. The monoisotopic (exact) mass is 482 g/mol. The molecule has 0 aromatic heterocycles. The summed E-state index contributed by atoms with van der Waals surface area (Å²) in [6.45, 7) is 7.19. The first-order chi connectivity index (χ1) is 16.0. The van der Waals surface area contributed by atoms with E-state index in [9.17, 15) is 14.4 Å². The van der Waals surface area contributed by atoms with E-state index in [0.29, 0.717) is 32.7 Å². The zero-order valence-electron chi connectivity index (χ0n) is 19.8. The maximum absolute atomic E-state index is 13.7. The van der Waals surface area contributed by atoms with Gasteiger partial charge in [0.1, 0.15) is 6.04 Å². The van der Waals surface area contributed by atoms with Crippen molar-refractivity contribution in [3.8, 4) is 0 Å². The molecule has 3 N–H and O–H groups in total. The molecule has 0 radical (unpaired) electrons. The fourth-order valence-corrected chi connectivity index (χ4v) is 8.78. The van der Waals surface area contributed by atoms with Crippen LogP contribution in [0.2, 0.25) is 0 Å². The highest BCUT2D eigenvalue weighted by Crippen LogP contribution is 2.68. The van der Waals surface area contributed by atoms with Crippen molar-refractivity contribution < 1.29 is 24.2 Å². The van der Waals surface area contributed by atoms with E-state index in [-0.39, 0.29) is 41.4 Å². The van der Waals surface area contributed by atoms with Crippen LogP contribution in [0.1, 0.15) is 32.6 Å². The maximum Gasteiger partial charge on any atom is 0.244 e. The first-order valence-electron chi connectivity index (χ1n) is 12.3. The smallest absolute Gasteiger partial charge is 0.244 e. The molecule has 3 unspecified atom stereocenters. The van der Waals surface area contributed by atoms with E-state index in [0.717, 1.165) is 38.9 Å². The van der Waals surface area contributed by atoms with Crippen LogP contribution < -0.4 is 10.6 Å². The number of fused-ring (bicyclic) bond motifs is 1. The van der Waals surface area contributed by atoms with E-state index >= 15 is 0 Å². The number of likely N-dealkylation sites (tertiary alicyclic amines) is 1. The third-order valence-corrected chi connectivity index (χ3v) is 10.0. The van der Waals surface area contributed by atoms with Crippen molar-refractivity contribution >= 4 is 29.5 Å². The molecule has 4 rings (SSSR count). The molecule has 0 saturated carbocycles. The summed E-state index contributed by atoms with van der Waals surface area (Å²) in [6, 6.07) is -0.562. The summed E-state index contributed by atoms with van der Waals surface area (Å²) in [5.74, 6) is -0.895. The summed E-state index contributed by atoms with van der Waals surface area (Å²) in [7, 11) is 1.62. The molecule has 4 saturated heterocycles. The lowest BCUT2D eigenvalue weighted by Gasteiger charge is -2.38. The largest absolute Gasteiger partial charge is 0.396 e. The van der Waals surface area contributed by atoms with Gasteiger partial charge in [-0.05, 0) is 31.6 Å². The van der Waals surface area contributed by atoms with E-state index in [1.165, 1.54) is 0 Å². The van der Waals surface area contributed by atoms with Crippen molar-refractivity contribution in [2.75, 3.05) is 59.6 Å². The molecule has 3 amide bonds. The Morgan fingerprint density at radius 1 is 1.18 bits per heavy atom. The van der Waals surface area contributed by atoms with Crippen molar-refractivity contribution in [1.29, 1.82) is 0 Å². The van der Waals surface area contributed by atoms with Crippen LogP contribution in [-0.2, 0) is 19.1 Å². The molecule has 4 heterocycles. The van der Waals surface area contributed by atoms with E-state index in [1.54, 1.807) is 23.7 Å². The number of morpholine rings is 1. The number of unbranched alkanes of at least 4 members (excludes halogenated alkanes) is 2. The third kappa shape index (κ3) is 4.39. The number of amides is 3.